The molecule has 0 amide bonds. The van der Waals surface area contributed by atoms with E-state index >= 15 is 0 Å². The topological polar surface area (TPSA) is 73.6 Å². The van der Waals surface area contributed by atoms with Crippen LogP contribution in [0.25, 0.3) is 6.08 Å². The first-order valence-corrected chi connectivity index (χ1v) is 12.2. The van der Waals surface area contributed by atoms with Crippen LogP contribution >= 0.6 is 0 Å². The Bertz CT molecular complexity index is 1260. The first-order valence-electron chi connectivity index (χ1n) is 12.2. The Balaban J connectivity index is 1.66. The highest BCUT2D eigenvalue weighted by atomic mass is 16.5. The molecule has 35 heavy (non-hydrogen) atoms. The molecule has 178 valence electrons. The van der Waals surface area contributed by atoms with E-state index in [2.05, 4.69) is 42.2 Å². The Morgan fingerprint density at radius 3 is 2.49 bits per heavy atom. The second-order valence-electron chi connectivity index (χ2n) is 8.73. The van der Waals surface area contributed by atoms with Gasteiger partial charge in [-0.3, -0.25) is 0 Å². The molecule has 1 N–H and O–H groups in total. The third-order valence-electron chi connectivity index (χ3n) is 6.26. The average molecular weight is 467 g/mol. The van der Waals surface area contributed by atoms with Crippen LogP contribution in [0.15, 0.2) is 72.3 Å². The zero-order valence-corrected chi connectivity index (χ0v) is 20.0. The lowest BCUT2D eigenvalue weighted by Gasteiger charge is -2.27. The first-order chi connectivity index (χ1) is 17.1. The Kier molecular flexibility index (Phi) is 7.84. The summed E-state index contributed by atoms with van der Waals surface area (Å²) in [6.45, 7) is 2.93. The van der Waals surface area contributed by atoms with Crippen LogP contribution in [-0.2, 0) is 17.6 Å². The lowest BCUT2D eigenvalue weighted by atomic mass is 10.0. The molecule has 1 aliphatic heterocycles. The number of para-hydroxylation sites is 1. The summed E-state index contributed by atoms with van der Waals surface area (Å²) in [7, 11) is 0. The summed E-state index contributed by atoms with van der Waals surface area (Å²) >= 11 is 0. The summed E-state index contributed by atoms with van der Waals surface area (Å²) < 4.78 is 5.94. The highest BCUT2D eigenvalue weighted by Gasteiger charge is 2.22. The van der Waals surface area contributed by atoms with E-state index in [9.17, 15) is 9.90 Å². The van der Waals surface area contributed by atoms with Crippen molar-refractivity contribution in [3.8, 4) is 11.8 Å². The minimum Gasteiger partial charge on any atom is -0.494 e. The number of fused-ring (bicyclic) bond motifs is 2. The average Bonchev–Trinajstić information content (AvgIpc) is 3.04. The summed E-state index contributed by atoms with van der Waals surface area (Å²) in [6, 6.07) is 24.2. The summed E-state index contributed by atoms with van der Waals surface area (Å²) in [5.74, 6) is -0.351. The number of anilines is 3. The smallest absolute Gasteiger partial charge is 0.346 e. The van der Waals surface area contributed by atoms with Gasteiger partial charge in [-0.1, -0.05) is 50.5 Å². The molecule has 3 aromatic rings. The van der Waals surface area contributed by atoms with E-state index in [0.717, 1.165) is 54.2 Å². The molecule has 0 saturated heterocycles. The minimum absolute atomic E-state index is 0.274. The number of aliphatic carboxylic acids is 1. The number of rotatable bonds is 9. The van der Waals surface area contributed by atoms with Gasteiger partial charge in [0.2, 0.25) is 0 Å². The van der Waals surface area contributed by atoms with E-state index in [1.54, 1.807) is 6.07 Å². The molecule has 0 unspecified atom stereocenters. The quantitative estimate of drug-likeness (QED) is 0.205. The van der Waals surface area contributed by atoms with Crippen molar-refractivity contribution in [2.24, 2.45) is 0 Å². The van der Waals surface area contributed by atoms with Crippen LogP contribution in [0.5, 0.6) is 5.75 Å². The molecule has 1 aliphatic rings. The number of carbonyl (C=O) groups is 1. The largest absolute Gasteiger partial charge is 0.494 e. The zero-order chi connectivity index (χ0) is 24.6. The van der Waals surface area contributed by atoms with Crippen LogP contribution in [0.2, 0.25) is 0 Å². The fraction of sp³-hybridized carbons (Fsp3) is 0.267. The zero-order valence-electron chi connectivity index (χ0n) is 20.0. The standard InChI is InChI=1S/C30H30N2O3/c1-2-3-4-7-18-35-27-15-13-26(14-16-27)32-28-9-6-5-8-23(28)11-12-24-19-22(10-17-29(24)32)20-25(21-31)30(33)34/h5-6,8-10,13-17,19-20H,2-4,7,11-12,18H2,1H3,(H,33,34)/b25-20+. The van der Waals surface area contributed by atoms with Gasteiger partial charge >= 0.3 is 5.97 Å². The van der Waals surface area contributed by atoms with Crippen LogP contribution in [0.3, 0.4) is 0 Å². The van der Waals surface area contributed by atoms with Gasteiger partial charge in [-0.25, -0.2) is 4.79 Å². The molecule has 0 radical (unpaired) electrons. The van der Waals surface area contributed by atoms with E-state index in [-0.39, 0.29) is 5.57 Å². The Hall–Kier alpha value is -4.04. The lowest BCUT2D eigenvalue weighted by Crippen LogP contribution is -2.11. The van der Waals surface area contributed by atoms with Gasteiger partial charge < -0.3 is 14.7 Å². The summed E-state index contributed by atoms with van der Waals surface area (Å²) in [5.41, 5.74) is 6.00. The number of carboxylic acids is 1. The number of hydrogen-bond donors (Lipinski definition) is 1. The molecule has 5 heteroatoms. The first kappa shape index (κ1) is 24.1. The van der Waals surface area contributed by atoms with Crippen molar-refractivity contribution in [3.63, 3.8) is 0 Å². The number of ether oxygens (including phenoxy) is 1. The Morgan fingerprint density at radius 1 is 1.00 bits per heavy atom. The third kappa shape index (κ3) is 5.73. The van der Waals surface area contributed by atoms with Gasteiger partial charge in [0, 0.05) is 17.1 Å². The van der Waals surface area contributed by atoms with Crippen molar-refractivity contribution in [3.05, 3.63) is 89.0 Å². The van der Waals surface area contributed by atoms with Crippen molar-refractivity contribution in [1.82, 2.24) is 0 Å². The molecular formula is C30H30N2O3. The van der Waals surface area contributed by atoms with Crippen molar-refractivity contribution < 1.29 is 14.6 Å². The molecule has 5 nitrogen and oxygen atoms in total. The number of unbranched alkanes of at least 4 members (excludes halogenated alkanes) is 3. The number of nitrogens with zero attached hydrogens (tertiary/aromatic N) is 2. The van der Waals surface area contributed by atoms with E-state index < -0.39 is 5.97 Å². The van der Waals surface area contributed by atoms with Crippen molar-refractivity contribution in [1.29, 1.82) is 5.26 Å². The molecule has 0 spiro atoms. The minimum atomic E-state index is -1.22. The van der Waals surface area contributed by atoms with Gasteiger partial charge in [0.15, 0.2) is 0 Å². The second-order valence-corrected chi connectivity index (χ2v) is 8.73. The van der Waals surface area contributed by atoms with E-state index in [1.165, 1.54) is 30.9 Å². The van der Waals surface area contributed by atoms with Gasteiger partial charge in [-0.05, 0) is 84.5 Å². The molecule has 0 saturated carbocycles. The lowest BCUT2D eigenvalue weighted by molar-refractivity contribution is -0.132. The second kappa shape index (κ2) is 11.4. The fourth-order valence-corrected chi connectivity index (χ4v) is 4.45. The monoisotopic (exact) mass is 466 g/mol. The van der Waals surface area contributed by atoms with E-state index in [1.807, 2.05) is 36.4 Å². The molecule has 1 heterocycles. The summed E-state index contributed by atoms with van der Waals surface area (Å²) in [6.07, 6.45) is 7.82. The number of hydrogen-bond acceptors (Lipinski definition) is 4. The number of aryl methyl sites for hydroxylation is 2. The summed E-state index contributed by atoms with van der Waals surface area (Å²) in [5, 5.41) is 18.4. The molecule has 0 aliphatic carbocycles. The van der Waals surface area contributed by atoms with Crippen LogP contribution in [0.1, 0.15) is 49.3 Å². The van der Waals surface area contributed by atoms with Crippen LogP contribution < -0.4 is 9.64 Å². The van der Waals surface area contributed by atoms with E-state index in [0.29, 0.717) is 5.56 Å². The van der Waals surface area contributed by atoms with Crippen molar-refractivity contribution in [2.45, 2.75) is 45.4 Å². The SMILES string of the molecule is CCCCCCOc1ccc(N2c3ccccc3CCc3cc(/C=C(\C#N)C(=O)O)ccc32)cc1. The van der Waals surface area contributed by atoms with Gasteiger partial charge in [0.05, 0.1) is 6.61 Å². The summed E-state index contributed by atoms with van der Waals surface area (Å²) in [4.78, 5) is 13.5. The van der Waals surface area contributed by atoms with Crippen molar-refractivity contribution >= 4 is 29.1 Å². The van der Waals surface area contributed by atoms with Crippen LogP contribution in [-0.4, -0.2) is 17.7 Å². The van der Waals surface area contributed by atoms with Crippen molar-refractivity contribution in [2.75, 3.05) is 11.5 Å². The molecule has 0 atom stereocenters. The Morgan fingerprint density at radius 2 is 1.74 bits per heavy atom. The number of carboxylic acid groups (broad SMARTS) is 1. The molecule has 3 aromatic carbocycles. The van der Waals surface area contributed by atoms with Crippen LogP contribution in [0, 0.1) is 11.3 Å². The predicted molar refractivity (Wildman–Crippen MR) is 139 cm³/mol. The molecule has 0 bridgehead atoms. The molecule has 0 aromatic heterocycles. The maximum Gasteiger partial charge on any atom is 0.346 e. The third-order valence-corrected chi connectivity index (χ3v) is 6.26. The highest BCUT2D eigenvalue weighted by molar-refractivity contribution is 5.96. The molecular weight excluding hydrogens is 436 g/mol. The van der Waals surface area contributed by atoms with Gasteiger partial charge in [0.25, 0.3) is 0 Å². The van der Waals surface area contributed by atoms with Gasteiger partial charge in [-0.2, -0.15) is 5.26 Å². The number of benzene rings is 3. The maximum absolute atomic E-state index is 11.3. The molecule has 4 rings (SSSR count). The normalized spacial score (nSPS) is 12.8. The van der Waals surface area contributed by atoms with Crippen LogP contribution in [0.4, 0.5) is 17.1 Å². The molecule has 0 fully saturated rings. The maximum atomic E-state index is 11.3. The number of nitriles is 1. The Labute approximate surface area is 206 Å². The highest BCUT2D eigenvalue weighted by Crippen LogP contribution is 2.42. The van der Waals surface area contributed by atoms with Gasteiger partial charge in [-0.15, -0.1) is 0 Å². The fourth-order valence-electron chi connectivity index (χ4n) is 4.45. The van der Waals surface area contributed by atoms with E-state index in [4.69, 9.17) is 10.00 Å². The predicted octanol–water partition coefficient (Wildman–Crippen LogP) is 7.21. The van der Waals surface area contributed by atoms with Gasteiger partial charge in [0.1, 0.15) is 17.4 Å².